The van der Waals surface area contributed by atoms with Crippen molar-refractivity contribution in [2.75, 3.05) is 33.0 Å². The number of nitrogens with one attached hydrogen (secondary N) is 1. The van der Waals surface area contributed by atoms with Crippen molar-refractivity contribution in [1.29, 1.82) is 0 Å². The molecular formula is C24H31IN3O6PS. The minimum Gasteiger partial charge on any atom is -0.437 e. The molecular weight excluding hydrogens is 616 g/mol. The standard InChI is InChI=1S/C24H31IN3O6PS/c1-5-33-35(4,30)13-7-6-12-28(36(31)32)15-20-19(25)14-18-21(23(29)26-3)22(34-24(18)27-20)17-10-8-16(2)9-11-17/h8-11,14,36H,5-7,12-13,15H2,1-4H3,(H,26,29). The van der Waals surface area contributed by atoms with Crippen LogP contribution in [0.4, 0.5) is 0 Å². The maximum atomic E-state index is 12.8. The summed E-state index contributed by atoms with van der Waals surface area (Å²) in [4.78, 5) is 17.4. The van der Waals surface area contributed by atoms with Crippen molar-refractivity contribution >= 4 is 57.9 Å². The van der Waals surface area contributed by atoms with Crippen molar-refractivity contribution in [2.45, 2.75) is 33.2 Å². The van der Waals surface area contributed by atoms with Gasteiger partial charge < -0.3 is 14.3 Å². The fourth-order valence-electron chi connectivity index (χ4n) is 3.83. The second kappa shape index (κ2) is 12.6. The Morgan fingerprint density at radius 2 is 1.94 bits per heavy atom. The zero-order valence-corrected chi connectivity index (χ0v) is 24.7. The Labute approximate surface area is 226 Å². The molecule has 2 aromatic heterocycles. The summed E-state index contributed by atoms with van der Waals surface area (Å²) in [7, 11) is -3.94. The van der Waals surface area contributed by atoms with Gasteiger partial charge in [-0.05, 0) is 55.3 Å². The van der Waals surface area contributed by atoms with E-state index in [0.717, 1.165) is 14.7 Å². The van der Waals surface area contributed by atoms with Crippen LogP contribution in [-0.2, 0) is 26.5 Å². The van der Waals surface area contributed by atoms with Gasteiger partial charge in [0.2, 0.25) is 16.6 Å². The van der Waals surface area contributed by atoms with Crippen LogP contribution in [0.3, 0.4) is 0 Å². The van der Waals surface area contributed by atoms with E-state index in [2.05, 4.69) is 32.9 Å². The molecule has 0 aliphatic carbocycles. The molecule has 36 heavy (non-hydrogen) atoms. The first-order chi connectivity index (χ1) is 17.1. The van der Waals surface area contributed by atoms with Gasteiger partial charge in [0.05, 0.1) is 29.8 Å². The number of halogens is 1. The summed E-state index contributed by atoms with van der Waals surface area (Å²) in [5, 5.41) is 3.22. The topological polar surface area (TPSA) is 119 Å². The van der Waals surface area contributed by atoms with E-state index in [-0.39, 0.29) is 24.7 Å². The Hall–Kier alpha value is -1.79. The van der Waals surface area contributed by atoms with Crippen molar-refractivity contribution in [2.24, 2.45) is 0 Å². The van der Waals surface area contributed by atoms with Gasteiger partial charge in [-0.3, -0.25) is 9.36 Å². The molecule has 2 heterocycles. The van der Waals surface area contributed by atoms with E-state index in [1.807, 2.05) is 31.2 Å². The highest BCUT2D eigenvalue weighted by molar-refractivity contribution is 14.1. The highest BCUT2D eigenvalue weighted by Gasteiger charge is 2.24. The van der Waals surface area contributed by atoms with Crippen LogP contribution < -0.4 is 5.32 Å². The second-order valence-electron chi connectivity index (χ2n) is 8.51. The fourth-order valence-corrected chi connectivity index (χ4v) is 6.46. The number of hydrogen-bond donors (Lipinski definition) is 2. The predicted octanol–water partition coefficient (Wildman–Crippen LogP) is 4.82. The number of benzene rings is 1. The van der Waals surface area contributed by atoms with Crippen LogP contribution in [0.25, 0.3) is 22.4 Å². The Balaban J connectivity index is 1.88. The second-order valence-corrected chi connectivity index (χ2v) is 13.4. The molecule has 1 aromatic carbocycles. The van der Waals surface area contributed by atoms with Crippen molar-refractivity contribution in [3.05, 3.63) is 50.7 Å². The number of aromatic nitrogens is 1. The van der Waals surface area contributed by atoms with Crippen LogP contribution in [0.5, 0.6) is 0 Å². The molecule has 1 atom stereocenters. The number of thiol groups is 1. The molecule has 12 heteroatoms. The average molecular weight is 647 g/mol. The smallest absolute Gasteiger partial charge is 0.255 e. The lowest BCUT2D eigenvalue weighted by Crippen LogP contribution is -2.24. The minimum absolute atomic E-state index is 0.0675. The average Bonchev–Trinajstić information content (AvgIpc) is 3.18. The molecule has 0 fully saturated rings. The molecule has 0 radical (unpaired) electrons. The van der Waals surface area contributed by atoms with E-state index in [1.165, 1.54) is 4.31 Å². The number of fused-ring (bicyclic) bond motifs is 1. The van der Waals surface area contributed by atoms with Gasteiger partial charge in [-0.15, -0.1) is 0 Å². The van der Waals surface area contributed by atoms with E-state index in [4.69, 9.17) is 8.94 Å². The summed E-state index contributed by atoms with van der Waals surface area (Å²) in [6, 6.07) is 9.45. The van der Waals surface area contributed by atoms with E-state index >= 15 is 0 Å². The van der Waals surface area contributed by atoms with Crippen molar-refractivity contribution in [3.63, 3.8) is 0 Å². The summed E-state index contributed by atoms with van der Waals surface area (Å²) >= 11 is 2.10. The van der Waals surface area contributed by atoms with Gasteiger partial charge in [-0.2, -0.15) is 4.31 Å². The number of amides is 1. The Bertz CT molecular complexity index is 1350. The Morgan fingerprint density at radius 3 is 2.56 bits per heavy atom. The maximum Gasteiger partial charge on any atom is 0.255 e. The van der Waals surface area contributed by atoms with Gasteiger partial charge in [-0.25, -0.2) is 13.4 Å². The summed E-state index contributed by atoms with van der Waals surface area (Å²) in [6.45, 7) is 6.11. The molecule has 0 aliphatic heterocycles. The number of furan rings is 1. The van der Waals surface area contributed by atoms with Crippen molar-refractivity contribution in [1.82, 2.24) is 14.6 Å². The van der Waals surface area contributed by atoms with E-state index in [0.29, 0.717) is 48.0 Å². The number of pyridine rings is 1. The SMILES string of the molecule is CCOP(C)(=O)CCCCN(Cc1nc2oc(-c3ccc(C)cc3)c(C(=O)NC)c2cc1I)[SH](=O)=O. The molecule has 0 saturated carbocycles. The third-order valence-corrected chi connectivity index (χ3v) is 9.34. The first kappa shape index (κ1) is 28.8. The number of rotatable bonds is 12. The van der Waals surface area contributed by atoms with Crippen molar-refractivity contribution < 1.29 is 26.7 Å². The van der Waals surface area contributed by atoms with Crippen LogP contribution in [-0.4, -0.2) is 56.6 Å². The predicted molar refractivity (Wildman–Crippen MR) is 150 cm³/mol. The molecule has 1 amide bonds. The summed E-state index contributed by atoms with van der Waals surface area (Å²) < 4.78 is 49.5. The van der Waals surface area contributed by atoms with Crippen LogP contribution in [0, 0.1) is 10.5 Å². The molecule has 3 aromatic rings. The van der Waals surface area contributed by atoms with Gasteiger partial charge in [0, 0.05) is 35.6 Å². The van der Waals surface area contributed by atoms with E-state index in [9.17, 15) is 17.8 Å². The van der Waals surface area contributed by atoms with E-state index in [1.54, 1.807) is 26.7 Å². The third-order valence-electron chi connectivity index (χ3n) is 5.67. The van der Waals surface area contributed by atoms with E-state index < -0.39 is 18.3 Å². The maximum absolute atomic E-state index is 12.8. The molecule has 0 bridgehead atoms. The lowest BCUT2D eigenvalue weighted by molar-refractivity contribution is 0.0964. The number of carbonyl (C=O) groups is 1. The molecule has 3 rings (SSSR count). The van der Waals surface area contributed by atoms with Gasteiger partial charge in [-0.1, -0.05) is 29.8 Å². The number of aryl methyl sites for hydroxylation is 1. The highest BCUT2D eigenvalue weighted by Crippen LogP contribution is 2.43. The van der Waals surface area contributed by atoms with Gasteiger partial charge in [0.25, 0.3) is 5.91 Å². The quantitative estimate of drug-likeness (QED) is 0.125. The molecule has 1 N–H and O–H groups in total. The highest BCUT2D eigenvalue weighted by atomic mass is 127. The molecule has 0 saturated heterocycles. The van der Waals surface area contributed by atoms with Gasteiger partial charge in [0.1, 0.15) is 5.76 Å². The summed E-state index contributed by atoms with van der Waals surface area (Å²) in [5.74, 6) is 0.119. The van der Waals surface area contributed by atoms with Crippen molar-refractivity contribution in [3.8, 4) is 11.3 Å². The van der Waals surface area contributed by atoms with Crippen LogP contribution >= 0.6 is 30.0 Å². The number of nitrogens with zero attached hydrogens (tertiary/aromatic N) is 2. The Kier molecular flexibility index (Phi) is 10.1. The third kappa shape index (κ3) is 7.16. The molecule has 0 aliphatic rings. The van der Waals surface area contributed by atoms with Crippen LogP contribution in [0.2, 0.25) is 0 Å². The van der Waals surface area contributed by atoms with Gasteiger partial charge in [0.15, 0.2) is 7.37 Å². The zero-order valence-electron chi connectivity index (χ0n) is 20.7. The van der Waals surface area contributed by atoms with Crippen LogP contribution in [0.1, 0.15) is 41.4 Å². The number of unbranched alkanes of at least 4 members (excludes halogenated alkanes) is 1. The lowest BCUT2D eigenvalue weighted by Gasteiger charge is -2.17. The molecule has 0 spiro atoms. The lowest BCUT2D eigenvalue weighted by atomic mass is 10.0. The molecule has 9 nitrogen and oxygen atoms in total. The first-order valence-electron chi connectivity index (χ1n) is 11.6. The number of carbonyl (C=O) groups excluding carboxylic acids is 1. The fraction of sp³-hybridized carbons (Fsp3) is 0.417. The molecule has 196 valence electrons. The minimum atomic E-state index is -2.85. The summed E-state index contributed by atoms with van der Waals surface area (Å²) in [6.07, 6.45) is 1.54. The van der Waals surface area contributed by atoms with Crippen LogP contribution in [0.15, 0.2) is 34.7 Å². The Morgan fingerprint density at radius 1 is 1.25 bits per heavy atom. The first-order valence-corrected chi connectivity index (χ1v) is 16.0. The monoisotopic (exact) mass is 647 g/mol. The molecule has 1 unspecified atom stereocenters. The number of hydrogen-bond acceptors (Lipinski definition) is 7. The normalized spacial score (nSPS) is 13.4. The zero-order chi connectivity index (χ0) is 26.5. The largest absolute Gasteiger partial charge is 0.437 e. The summed E-state index contributed by atoms with van der Waals surface area (Å²) in [5.41, 5.74) is 3.02. The van der Waals surface area contributed by atoms with Gasteiger partial charge >= 0.3 is 0 Å².